The molecular formula is C12H18O. The summed E-state index contributed by atoms with van der Waals surface area (Å²) < 4.78 is 5.97. The van der Waals surface area contributed by atoms with E-state index >= 15 is 0 Å². The predicted octanol–water partition coefficient (Wildman–Crippen LogP) is 3.08. The molecule has 0 bridgehead atoms. The van der Waals surface area contributed by atoms with Crippen LogP contribution in [0.3, 0.4) is 0 Å². The van der Waals surface area contributed by atoms with E-state index in [1.54, 1.807) is 0 Å². The average Bonchev–Trinajstić information content (AvgIpc) is 2.18. The highest BCUT2D eigenvalue weighted by atomic mass is 16.5. The van der Waals surface area contributed by atoms with Crippen LogP contribution in [0.15, 0.2) is 24.8 Å². The second-order valence-corrected chi connectivity index (χ2v) is 4.07. The molecule has 0 radical (unpaired) electrons. The molecule has 1 heterocycles. The van der Waals surface area contributed by atoms with Crippen LogP contribution in [0.5, 0.6) is 0 Å². The van der Waals surface area contributed by atoms with E-state index in [2.05, 4.69) is 18.7 Å². The van der Waals surface area contributed by atoms with Crippen molar-refractivity contribution in [3.63, 3.8) is 0 Å². The Labute approximate surface area is 80.5 Å². The summed E-state index contributed by atoms with van der Waals surface area (Å²) in [5.74, 6) is 0.704. The molecule has 1 aliphatic heterocycles. The molecule has 0 amide bonds. The van der Waals surface area contributed by atoms with Gasteiger partial charge in [-0.1, -0.05) is 31.1 Å². The minimum atomic E-state index is 0.303. The summed E-state index contributed by atoms with van der Waals surface area (Å²) in [5.41, 5.74) is 0. The third-order valence-electron chi connectivity index (χ3n) is 3.08. The molecule has 1 nitrogen and oxygen atoms in total. The van der Waals surface area contributed by atoms with Gasteiger partial charge in [-0.25, -0.2) is 0 Å². The van der Waals surface area contributed by atoms with Crippen molar-refractivity contribution in [2.75, 3.05) is 0 Å². The van der Waals surface area contributed by atoms with Crippen LogP contribution in [0, 0.1) is 5.92 Å². The van der Waals surface area contributed by atoms with Crippen LogP contribution >= 0.6 is 0 Å². The maximum Gasteiger partial charge on any atom is 0.0794 e. The van der Waals surface area contributed by atoms with Gasteiger partial charge in [-0.15, -0.1) is 6.58 Å². The van der Waals surface area contributed by atoms with Crippen LogP contribution in [0.1, 0.15) is 32.1 Å². The Morgan fingerprint density at radius 1 is 1.31 bits per heavy atom. The fourth-order valence-electron chi connectivity index (χ4n) is 2.35. The van der Waals surface area contributed by atoms with E-state index in [9.17, 15) is 0 Å². The van der Waals surface area contributed by atoms with Gasteiger partial charge in [0.1, 0.15) is 0 Å². The highest BCUT2D eigenvalue weighted by molar-refractivity contribution is 5.04. The van der Waals surface area contributed by atoms with Gasteiger partial charge in [0.2, 0.25) is 0 Å². The second kappa shape index (κ2) is 4.10. The first-order valence-electron chi connectivity index (χ1n) is 5.35. The van der Waals surface area contributed by atoms with Gasteiger partial charge in [0.25, 0.3) is 0 Å². The van der Waals surface area contributed by atoms with Gasteiger partial charge in [-0.3, -0.25) is 0 Å². The Balaban J connectivity index is 1.97. The lowest BCUT2D eigenvalue weighted by Gasteiger charge is -2.35. The second-order valence-electron chi connectivity index (χ2n) is 4.07. The van der Waals surface area contributed by atoms with Crippen LogP contribution in [0.4, 0.5) is 0 Å². The van der Waals surface area contributed by atoms with E-state index < -0.39 is 0 Å². The molecular weight excluding hydrogens is 160 g/mol. The third-order valence-corrected chi connectivity index (χ3v) is 3.08. The first-order valence-corrected chi connectivity index (χ1v) is 5.35. The largest absolute Gasteiger partial charge is 0.370 e. The molecule has 2 rings (SSSR count). The smallest absolute Gasteiger partial charge is 0.0794 e. The summed E-state index contributed by atoms with van der Waals surface area (Å²) in [6.45, 7) is 3.74. The summed E-state index contributed by atoms with van der Waals surface area (Å²) in [5, 5.41) is 0. The molecule has 1 heteroatoms. The Kier molecular flexibility index (Phi) is 2.84. The van der Waals surface area contributed by atoms with Gasteiger partial charge >= 0.3 is 0 Å². The van der Waals surface area contributed by atoms with Crippen molar-refractivity contribution in [3.05, 3.63) is 24.8 Å². The number of hydrogen-bond donors (Lipinski definition) is 0. The monoisotopic (exact) mass is 178 g/mol. The Bertz CT molecular complexity index is 207. The summed E-state index contributed by atoms with van der Waals surface area (Å²) >= 11 is 0. The molecule has 3 atom stereocenters. The zero-order valence-electron chi connectivity index (χ0n) is 8.11. The molecule has 0 aromatic carbocycles. The summed E-state index contributed by atoms with van der Waals surface area (Å²) in [4.78, 5) is 0. The highest BCUT2D eigenvalue weighted by Gasteiger charge is 2.28. The normalized spacial score (nSPS) is 38.3. The van der Waals surface area contributed by atoms with Crippen LogP contribution in [-0.4, -0.2) is 12.2 Å². The SMILES string of the molecule is C=CC[C@@H]1C=C[C@@H]2CCCC[C@H]2O1. The maximum atomic E-state index is 5.97. The molecule has 0 aromatic heterocycles. The molecule has 13 heavy (non-hydrogen) atoms. The Morgan fingerprint density at radius 2 is 2.15 bits per heavy atom. The molecule has 1 fully saturated rings. The van der Waals surface area contributed by atoms with Gasteiger partial charge in [0, 0.05) is 5.92 Å². The average molecular weight is 178 g/mol. The van der Waals surface area contributed by atoms with E-state index in [0.717, 1.165) is 6.42 Å². The van der Waals surface area contributed by atoms with Crippen LogP contribution < -0.4 is 0 Å². The van der Waals surface area contributed by atoms with Crippen LogP contribution in [0.2, 0.25) is 0 Å². The van der Waals surface area contributed by atoms with Crippen molar-refractivity contribution in [1.82, 2.24) is 0 Å². The minimum Gasteiger partial charge on any atom is -0.370 e. The van der Waals surface area contributed by atoms with Crippen molar-refractivity contribution in [3.8, 4) is 0 Å². The van der Waals surface area contributed by atoms with Crippen molar-refractivity contribution in [2.24, 2.45) is 5.92 Å². The van der Waals surface area contributed by atoms with Crippen LogP contribution in [-0.2, 0) is 4.74 Å². The van der Waals surface area contributed by atoms with E-state index in [1.807, 2.05) is 6.08 Å². The van der Waals surface area contributed by atoms with Gasteiger partial charge in [-0.05, 0) is 19.3 Å². The zero-order valence-corrected chi connectivity index (χ0v) is 8.11. The third kappa shape index (κ3) is 2.02. The molecule has 0 aromatic rings. The first-order chi connectivity index (χ1) is 6.40. The lowest BCUT2D eigenvalue weighted by molar-refractivity contribution is -0.0376. The molecule has 0 spiro atoms. The number of ether oxygens (including phenoxy) is 1. The maximum absolute atomic E-state index is 5.97. The topological polar surface area (TPSA) is 9.23 Å². The van der Waals surface area contributed by atoms with E-state index in [-0.39, 0.29) is 0 Å². The Hall–Kier alpha value is -0.560. The number of rotatable bonds is 2. The van der Waals surface area contributed by atoms with E-state index in [1.165, 1.54) is 25.7 Å². The standard InChI is InChI=1S/C12H18O/c1-2-5-11-9-8-10-6-3-4-7-12(10)13-11/h2,8-12H,1,3-7H2/t10-,11+,12+/m0/s1. The molecule has 0 unspecified atom stereocenters. The van der Waals surface area contributed by atoms with Crippen molar-refractivity contribution < 1.29 is 4.74 Å². The Morgan fingerprint density at radius 3 is 3.00 bits per heavy atom. The fraction of sp³-hybridized carbons (Fsp3) is 0.667. The fourth-order valence-corrected chi connectivity index (χ4v) is 2.35. The molecule has 72 valence electrons. The summed E-state index contributed by atoms with van der Waals surface area (Å²) in [7, 11) is 0. The van der Waals surface area contributed by atoms with Gasteiger partial charge < -0.3 is 4.74 Å². The van der Waals surface area contributed by atoms with Gasteiger partial charge in [-0.2, -0.15) is 0 Å². The van der Waals surface area contributed by atoms with E-state index in [4.69, 9.17) is 4.74 Å². The molecule has 2 aliphatic rings. The lowest BCUT2D eigenvalue weighted by atomic mass is 9.84. The van der Waals surface area contributed by atoms with Gasteiger partial charge in [0.15, 0.2) is 0 Å². The van der Waals surface area contributed by atoms with Crippen molar-refractivity contribution in [1.29, 1.82) is 0 Å². The van der Waals surface area contributed by atoms with Crippen LogP contribution in [0.25, 0.3) is 0 Å². The quantitative estimate of drug-likeness (QED) is 0.590. The molecule has 1 saturated carbocycles. The lowest BCUT2D eigenvalue weighted by Crippen LogP contribution is -2.33. The molecule has 0 saturated heterocycles. The molecule has 1 aliphatic carbocycles. The van der Waals surface area contributed by atoms with Crippen molar-refractivity contribution >= 4 is 0 Å². The van der Waals surface area contributed by atoms with Crippen molar-refractivity contribution in [2.45, 2.75) is 44.3 Å². The summed E-state index contributed by atoms with van der Waals surface area (Å²) in [6, 6.07) is 0. The minimum absolute atomic E-state index is 0.303. The molecule has 0 N–H and O–H groups in total. The van der Waals surface area contributed by atoms with Gasteiger partial charge in [0.05, 0.1) is 12.2 Å². The number of hydrogen-bond acceptors (Lipinski definition) is 1. The first kappa shape index (κ1) is 9.01. The predicted molar refractivity (Wildman–Crippen MR) is 54.6 cm³/mol. The summed E-state index contributed by atoms with van der Waals surface area (Å²) in [6.07, 6.45) is 13.6. The van der Waals surface area contributed by atoms with E-state index in [0.29, 0.717) is 18.1 Å². The zero-order chi connectivity index (χ0) is 9.10. The number of fused-ring (bicyclic) bond motifs is 1. The highest BCUT2D eigenvalue weighted by Crippen LogP contribution is 2.32.